The SMILES string of the molecule is COC(=O)CC(C)N1CC2CCCNC2C1. The fourth-order valence-electron chi connectivity index (χ4n) is 2.89. The van der Waals surface area contributed by atoms with E-state index in [1.165, 1.54) is 20.0 Å². The molecule has 2 saturated heterocycles. The number of esters is 1. The molecule has 2 aliphatic rings. The molecule has 1 N–H and O–H groups in total. The highest BCUT2D eigenvalue weighted by Crippen LogP contribution is 2.26. The molecule has 0 amide bonds. The van der Waals surface area contributed by atoms with E-state index >= 15 is 0 Å². The Morgan fingerprint density at radius 3 is 3.06 bits per heavy atom. The third-order valence-electron chi connectivity index (χ3n) is 3.94. The van der Waals surface area contributed by atoms with Gasteiger partial charge in [-0.05, 0) is 32.2 Å². The molecular weight excluding hydrogens is 204 g/mol. The summed E-state index contributed by atoms with van der Waals surface area (Å²) in [6.07, 6.45) is 3.13. The number of methoxy groups -OCH3 is 1. The number of piperidine rings is 1. The zero-order chi connectivity index (χ0) is 11.5. The second-order valence-electron chi connectivity index (χ2n) is 5.05. The molecule has 0 bridgehead atoms. The van der Waals surface area contributed by atoms with Gasteiger partial charge >= 0.3 is 5.97 Å². The van der Waals surface area contributed by atoms with Gasteiger partial charge in [-0.2, -0.15) is 0 Å². The van der Waals surface area contributed by atoms with Crippen LogP contribution < -0.4 is 5.32 Å². The molecule has 0 aliphatic carbocycles. The molecule has 2 aliphatic heterocycles. The highest BCUT2D eigenvalue weighted by molar-refractivity contribution is 5.69. The van der Waals surface area contributed by atoms with Crippen LogP contribution in [0.4, 0.5) is 0 Å². The van der Waals surface area contributed by atoms with Gasteiger partial charge in [0.1, 0.15) is 0 Å². The van der Waals surface area contributed by atoms with E-state index in [0.717, 1.165) is 25.6 Å². The van der Waals surface area contributed by atoms with Gasteiger partial charge in [-0.25, -0.2) is 0 Å². The van der Waals surface area contributed by atoms with Crippen LogP contribution in [-0.2, 0) is 9.53 Å². The third kappa shape index (κ3) is 2.55. The predicted molar refractivity (Wildman–Crippen MR) is 62.2 cm³/mol. The van der Waals surface area contributed by atoms with Crippen LogP contribution in [0.2, 0.25) is 0 Å². The Morgan fingerprint density at radius 2 is 2.38 bits per heavy atom. The second-order valence-corrected chi connectivity index (χ2v) is 5.05. The minimum Gasteiger partial charge on any atom is -0.469 e. The second kappa shape index (κ2) is 5.15. The Kier molecular flexibility index (Phi) is 3.82. The molecule has 2 fully saturated rings. The van der Waals surface area contributed by atoms with Gasteiger partial charge < -0.3 is 10.1 Å². The summed E-state index contributed by atoms with van der Waals surface area (Å²) in [7, 11) is 1.46. The Labute approximate surface area is 97.3 Å². The van der Waals surface area contributed by atoms with Crippen molar-refractivity contribution in [3.63, 3.8) is 0 Å². The van der Waals surface area contributed by atoms with E-state index in [1.807, 2.05) is 0 Å². The zero-order valence-electron chi connectivity index (χ0n) is 10.2. The smallest absolute Gasteiger partial charge is 0.307 e. The van der Waals surface area contributed by atoms with Crippen LogP contribution in [0.1, 0.15) is 26.2 Å². The molecule has 0 radical (unpaired) electrons. The van der Waals surface area contributed by atoms with E-state index in [0.29, 0.717) is 18.5 Å². The summed E-state index contributed by atoms with van der Waals surface area (Å²) in [4.78, 5) is 13.7. The van der Waals surface area contributed by atoms with Gasteiger partial charge in [0, 0.05) is 25.2 Å². The number of carbonyl (C=O) groups is 1. The summed E-state index contributed by atoms with van der Waals surface area (Å²) in [5.41, 5.74) is 0. The number of likely N-dealkylation sites (tertiary alicyclic amines) is 1. The molecule has 0 saturated carbocycles. The van der Waals surface area contributed by atoms with Gasteiger partial charge in [-0.15, -0.1) is 0 Å². The molecule has 2 heterocycles. The van der Waals surface area contributed by atoms with E-state index in [9.17, 15) is 4.79 Å². The predicted octanol–water partition coefficient (Wildman–Crippen LogP) is 0.622. The first-order valence-electron chi connectivity index (χ1n) is 6.25. The molecule has 92 valence electrons. The largest absolute Gasteiger partial charge is 0.469 e. The van der Waals surface area contributed by atoms with E-state index < -0.39 is 0 Å². The van der Waals surface area contributed by atoms with E-state index in [4.69, 9.17) is 4.74 Å². The molecule has 4 nitrogen and oxygen atoms in total. The lowest BCUT2D eigenvalue weighted by molar-refractivity contribution is -0.141. The first-order valence-corrected chi connectivity index (χ1v) is 6.25. The topological polar surface area (TPSA) is 41.6 Å². The van der Waals surface area contributed by atoms with Gasteiger partial charge in [0.15, 0.2) is 0 Å². The number of rotatable bonds is 3. The van der Waals surface area contributed by atoms with Crippen molar-refractivity contribution in [2.24, 2.45) is 5.92 Å². The average Bonchev–Trinajstić information content (AvgIpc) is 2.72. The number of hydrogen-bond acceptors (Lipinski definition) is 4. The van der Waals surface area contributed by atoms with Crippen LogP contribution in [0.5, 0.6) is 0 Å². The van der Waals surface area contributed by atoms with Crippen LogP contribution in [0.25, 0.3) is 0 Å². The highest BCUT2D eigenvalue weighted by Gasteiger charge is 2.36. The molecule has 0 aromatic rings. The average molecular weight is 226 g/mol. The lowest BCUT2D eigenvalue weighted by Gasteiger charge is -2.25. The van der Waals surface area contributed by atoms with Crippen molar-refractivity contribution >= 4 is 5.97 Å². The van der Waals surface area contributed by atoms with Crippen LogP contribution in [-0.4, -0.2) is 49.7 Å². The van der Waals surface area contributed by atoms with Crippen molar-refractivity contribution in [3.05, 3.63) is 0 Å². The summed E-state index contributed by atoms with van der Waals surface area (Å²) in [6, 6.07) is 0.952. The number of nitrogens with zero attached hydrogens (tertiary/aromatic N) is 1. The van der Waals surface area contributed by atoms with Gasteiger partial charge in [0.2, 0.25) is 0 Å². The standard InChI is InChI=1S/C12H22N2O2/c1-9(6-12(15)16-2)14-7-10-4-3-5-13-11(10)8-14/h9-11,13H,3-8H2,1-2H3. The summed E-state index contributed by atoms with van der Waals surface area (Å²) >= 11 is 0. The van der Waals surface area contributed by atoms with Crippen LogP contribution >= 0.6 is 0 Å². The maximum Gasteiger partial charge on any atom is 0.307 e. The van der Waals surface area contributed by atoms with Crippen LogP contribution in [0.3, 0.4) is 0 Å². The molecule has 0 aromatic carbocycles. The monoisotopic (exact) mass is 226 g/mol. The molecule has 2 rings (SSSR count). The molecule has 0 aromatic heterocycles. The van der Waals surface area contributed by atoms with E-state index in [2.05, 4.69) is 17.1 Å². The summed E-state index contributed by atoms with van der Waals surface area (Å²) in [5, 5.41) is 3.58. The van der Waals surface area contributed by atoms with Gasteiger partial charge in [-0.1, -0.05) is 0 Å². The maximum absolute atomic E-state index is 11.2. The summed E-state index contributed by atoms with van der Waals surface area (Å²) in [6.45, 7) is 5.49. The van der Waals surface area contributed by atoms with Crippen molar-refractivity contribution in [2.75, 3.05) is 26.7 Å². The zero-order valence-corrected chi connectivity index (χ0v) is 10.2. The lowest BCUT2D eigenvalue weighted by Crippen LogP contribution is -2.41. The molecule has 16 heavy (non-hydrogen) atoms. The molecular formula is C12H22N2O2. The van der Waals surface area contributed by atoms with Crippen molar-refractivity contribution in [3.8, 4) is 0 Å². The summed E-state index contributed by atoms with van der Waals surface area (Å²) < 4.78 is 4.72. The highest BCUT2D eigenvalue weighted by atomic mass is 16.5. The lowest BCUT2D eigenvalue weighted by atomic mass is 9.94. The Morgan fingerprint density at radius 1 is 1.56 bits per heavy atom. The number of hydrogen-bond donors (Lipinski definition) is 1. The minimum absolute atomic E-state index is 0.102. The maximum atomic E-state index is 11.2. The molecule has 3 unspecified atom stereocenters. The van der Waals surface area contributed by atoms with Gasteiger partial charge in [-0.3, -0.25) is 9.69 Å². The van der Waals surface area contributed by atoms with Crippen molar-refractivity contribution in [2.45, 2.75) is 38.3 Å². The van der Waals surface area contributed by atoms with Crippen LogP contribution in [0.15, 0.2) is 0 Å². The molecule has 4 heteroatoms. The quantitative estimate of drug-likeness (QED) is 0.716. The Hall–Kier alpha value is -0.610. The first-order chi connectivity index (χ1) is 7.70. The van der Waals surface area contributed by atoms with Crippen LogP contribution in [0, 0.1) is 5.92 Å². The summed E-state index contributed by atoms with van der Waals surface area (Å²) in [5.74, 6) is 0.684. The van der Waals surface area contributed by atoms with Crippen molar-refractivity contribution in [1.29, 1.82) is 0 Å². The normalized spacial score (nSPS) is 32.1. The minimum atomic E-state index is -0.102. The fourth-order valence-corrected chi connectivity index (χ4v) is 2.89. The van der Waals surface area contributed by atoms with E-state index in [-0.39, 0.29) is 5.97 Å². The first kappa shape index (κ1) is 11.9. The number of nitrogens with one attached hydrogen (secondary N) is 1. The van der Waals surface area contributed by atoms with E-state index in [1.54, 1.807) is 0 Å². The van der Waals surface area contributed by atoms with Gasteiger partial charge in [0.05, 0.1) is 13.5 Å². The van der Waals surface area contributed by atoms with Crippen molar-refractivity contribution < 1.29 is 9.53 Å². The fraction of sp³-hybridized carbons (Fsp3) is 0.917. The van der Waals surface area contributed by atoms with Crippen molar-refractivity contribution in [1.82, 2.24) is 10.2 Å². The number of carbonyl (C=O) groups excluding carboxylic acids is 1. The molecule has 0 spiro atoms. The van der Waals surface area contributed by atoms with Gasteiger partial charge in [0.25, 0.3) is 0 Å². The Bertz CT molecular complexity index is 243. The number of fused-ring (bicyclic) bond motifs is 1. The third-order valence-corrected chi connectivity index (χ3v) is 3.94. The molecule has 3 atom stereocenters. The number of ether oxygens (including phenoxy) is 1. The Balaban J connectivity index is 1.84.